The number of hydrogen-bond acceptors (Lipinski definition) is 1. The minimum atomic E-state index is 0.488. The molecule has 0 saturated heterocycles. The van der Waals surface area contributed by atoms with E-state index in [4.69, 9.17) is 0 Å². The third-order valence-corrected chi connectivity index (χ3v) is 2.52. The molecule has 2 nitrogen and oxygen atoms in total. The molecule has 0 atom stereocenters. The van der Waals surface area contributed by atoms with Gasteiger partial charge in [0.1, 0.15) is 0 Å². The van der Waals surface area contributed by atoms with Crippen molar-refractivity contribution >= 4 is 6.08 Å². The molecule has 1 heterocycles. The summed E-state index contributed by atoms with van der Waals surface area (Å²) in [5, 5.41) is 6.89. The molecule has 0 radical (unpaired) electrons. The number of aromatic amines is 1. The van der Waals surface area contributed by atoms with Crippen molar-refractivity contribution in [2.45, 2.75) is 27.7 Å². The Morgan fingerprint density at radius 3 is 2.40 bits per heavy atom. The van der Waals surface area contributed by atoms with Crippen molar-refractivity contribution < 1.29 is 0 Å². The lowest BCUT2D eigenvalue weighted by atomic mass is 9.88. The molecule has 2 heteroatoms. The van der Waals surface area contributed by atoms with Crippen molar-refractivity contribution in [3.63, 3.8) is 0 Å². The topological polar surface area (TPSA) is 28.7 Å². The molecule has 1 N–H and O–H groups in total. The van der Waals surface area contributed by atoms with Crippen LogP contribution in [0.4, 0.5) is 0 Å². The van der Waals surface area contributed by atoms with Gasteiger partial charge in [0.05, 0.1) is 5.69 Å². The Morgan fingerprint density at radius 1 is 1.33 bits per heavy atom. The molecule has 0 spiro atoms. The maximum atomic E-state index is 4.15. The van der Waals surface area contributed by atoms with Gasteiger partial charge in [-0.25, -0.2) is 0 Å². The van der Waals surface area contributed by atoms with Gasteiger partial charge in [0.15, 0.2) is 0 Å². The maximum absolute atomic E-state index is 4.15. The molecule has 0 aliphatic rings. The first kappa shape index (κ1) is 11.8. The number of aromatic nitrogens is 2. The molecule has 0 fully saturated rings. The van der Waals surface area contributed by atoms with Crippen LogP contribution in [-0.2, 0) is 0 Å². The monoisotopic (exact) mass is 204 g/mol. The largest absolute Gasteiger partial charge is 0.278 e. The fraction of sp³-hybridized carbons (Fsp3) is 0.462. The predicted octanol–water partition coefficient (Wildman–Crippen LogP) is 3.66. The standard InChI is InChI=1S/C13H20N2/c1-9(2)11(5)13(10(3)4)8-12-6-7-14-15-12/h6-10H,5H2,1-4H3,(H,14,15)/b13-8-. The number of nitrogens with zero attached hydrogens (tertiary/aromatic N) is 1. The number of allylic oxidation sites excluding steroid dienone is 2. The van der Waals surface area contributed by atoms with E-state index in [9.17, 15) is 0 Å². The summed E-state index contributed by atoms with van der Waals surface area (Å²) in [6, 6.07) is 1.97. The number of nitrogens with one attached hydrogen (secondary N) is 1. The molecular weight excluding hydrogens is 184 g/mol. The van der Waals surface area contributed by atoms with Gasteiger partial charge in [-0.05, 0) is 35.1 Å². The summed E-state index contributed by atoms with van der Waals surface area (Å²) in [6.45, 7) is 12.9. The van der Waals surface area contributed by atoms with Gasteiger partial charge in [-0.2, -0.15) is 5.10 Å². The first-order chi connectivity index (χ1) is 7.02. The third kappa shape index (κ3) is 3.08. The Bertz CT molecular complexity index is 343. The highest BCUT2D eigenvalue weighted by atomic mass is 15.1. The molecule has 1 rings (SSSR count). The van der Waals surface area contributed by atoms with E-state index in [0.717, 1.165) is 5.69 Å². The minimum Gasteiger partial charge on any atom is -0.278 e. The average Bonchev–Trinajstić information content (AvgIpc) is 2.64. The lowest BCUT2D eigenvalue weighted by molar-refractivity contribution is 0.708. The Hall–Kier alpha value is -1.31. The van der Waals surface area contributed by atoms with Crippen molar-refractivity contribution in [2.75, 3.05) is 0 Å². The van der Waals surface area contributed by atoms with Crippen LogP contribution in [0.15, 0.2) is 30.0 Å². The fourth-order valence-electron chi connectivity index (χ4n) is 1.48. The number of rotatable bonds is 4. The quantitative estimate of drug-likeness (QED) is 0.745. The first-order valence-electron chi connectivity index (χ1n) is 5.42. The molecule has 0 aliphatic carbocycles. The fourth-order valence-corrected chi connectivity index (χ4v) is 1.48. The zero-order valence-electron chi connectivity index (χ0n) is 10.0. The molecule has 1 aromatic rings. The van der Waals surface area contributed by atoms with Crippen LogP contribution in [0.1, 0.15) is 33.4 Å². The van der Waals surface area contributed by atoms with E-state index in [2.05, 4.69) is 50.5 Å². The van der Waals surface area contributed by atoms with Crippen LogP contribution in [0.3, 0.4) is 0 Å². The lowest BCUT2D eigenvalue weighted by Crippen LogP contribution is -2.03. The van der Waals surface area contributed by atoms with Gasteiger partial charge in [0.25, 0.3) is 0 Å². The van der Waals surface area contributed by atoms with Gasteiger partial charge in [-0.3, -0.25) is 5.10 Å². The zero-order valence-corrected chi connectivity index (χ0v) is 10.0. The summed E-state index contributed by atoms with van der Waals surface area (Å²) in [5.74, 6) is 0.977. The van der Waals surface area contributed by atoms with Crippen molar-refractivity contribution in [2.24, 2.45) is 11.8 Å². The van der Waals surface area contributed by atoms with Crippen LogP contribution in [0.2, 0.25) is 0 Å². The molecule has 0 saturated carbocycles. The summed E-state index contributed by atoms with van der Waals surface area (Å²) in [5.41, 5.74) is 3.55. The van der Waals surface area contributed by atoms with Gasteiger partial charge in [-0.15, -0.1) is 0 Å². The second-order valence-electron chi connectivity index (χ2n) is 4.45. The van der Waals surface area contributed by atoms with Gasteiger partial charge >= 0.3 is 0 Å². The molecular formula is C13H20N2. The summed E-state index contributed by atoms with van der Waals surface area (Å²) in [4.78, 5) is 0. The number of H-pyrrole nitrogens is 1. The predicted molar refractivity (Wildman–Crippen MR) is 65.4 cm³/mol. The highest BCUT2D eigenvalue weighted by Gasteiger charge is 2.11. The van der Waals surface area contributed by atoms with Crippen LogP contribution in [0.25, 0.3) is 6.08 Å². The Balaban J connectivity index is 2.98. The van der Waals surface area contributed by atoms with Crippen LogP contribution < -0.4 is 0 Å². The molecule has 0 aliphatic heterocycles. The van der Waals surface area contributed by atoms with Gasteiger partial charge < -0.3 is 0 Å². The third-order valence-electron chi connectivity index (χ3n) is 2.52. The Labute approximate surface area is 92.1 Å². The number of hydrogen-bond donors (Lipinski definition) is 1. The molecule has 82 valence electrons. The second-order valence-corrected chi connectivity index (χ2v) is 4.45. The minimum absolute atomic E-state index is 0.488. The van der Waals surface area contributed by atoms with Gasteiger partial charge in [0.2, 0.25) is 0 Å². The normalized spacial score (nSPS) is 12.5. The van der Waals surface area contributed by atoms with Crippen molar-refractivity contribution in [1.29, 1.82) is 0 Å². The van der Waals surface area contributed by atoms with Crippen LogP contribution >= 0.6 is 0 Å². The lowest BCUT2D eigenvalue weighted by Gasteiger charge is -2.17. The summed E-state index contributed by atoms with van der Waals surface area (Å²) >= 11 is 0. The van der Waals surface area contributed by atoms with E-state index in [1.807, 2.05) is 6.07 Å². The van der Waals surface area contributed by atoms with Crippen molar-refractivity contribution in [3.8, 4) is 0 Å². The molecule has 0 aromatic carbocycles. The second kappa shape index (κ2) is 4.96. The highest BCUT2D eigenvalue weighted by Crippen LogP contribution is 2.25. The average molecular weight is 204 g/mol. The summed E-state index contributed by atoms with van der Waals surface area (Å²) in [6.07, 6.45) is 3.90. The van der Waals surface area contributed by atoms with Crippen LogP contribution in [-0.4, -0.2) is 10.2 Å². The van der Waals surface area contributed by atoms with E-state index >= 15 is 0 Å². The van der Waals surface area contributed by atoms with Gasteiger partial charge in [0, 0.05) is 6.20 Å². The maximum Gasteiger partial charge on any atom is 0.0580 e. The van der Waals surface area contributed by atoms with E-state index in [1.54, 1.807) is 6.20 Å². The molecule has 15 heavy (non-hydrogen) atoms. The first-order valence-corrected chi connectivity index (χ1v) is 5.42. The molecule has 0 bridgehead atoms. The summed E-state index contributed by atoms with van der Waals surface area (Å²) < 4.78 is 0. The van der Waals surface area contributed by atoms with Gasteiger partial charge in [-0.1, -0.05) is 34.3 Å². The van der Waals surface area contributed by atoms with Crippen molar-refractivity contribution in [1.82, 2.24) is 10.2 Å². The summed E-state index contributed by atoms with van der Waals surface area (Å²) in [7, 11) is 0. The zero-order chi connectivity index (χ0) is 11.4. The highest BCUT2D eigenvalue weighted by molar-refractivity contribution is 5.55. The molecule has 1 aromatic heterocycles. The molecule has 0 amide bonds. The van der Waals surface area contributed by atoms with Crippen LogP contribution in [0.5, 0.6) is 0 Å². The Morgan fingerprint density at radius 2 is 2.00 bits per heavy atom. The van der Waals surface area contributed by atoms with E-state index in [1.165, 1.54) is 11.1 Å². The Kier molecular flexibility index (Phi) is 3.89. The smallest absolute Gasteiger partial charge is 0.0580 e. The SMILES string of the molecule is C=C(/C(=C\c1ccn[nH]1)C(C)C)C(C)C. The van der Waals surface area contributed by atoms with Crippen molar-refractivity contribution in [3.05, 3.63) is 35.7 Å². The van der Waals surface area contributed by atoms with E-state index in [0.29, 0.717) is 11.8 Å². The van der Waals surface area contributed by atoms with Crippen LogP contribution in [0, 0.1) is 11.8 Å². The molecule has 0 unspecified atom stereocenters. The van der Waals surface area contributed by atoms with E-state index < -0.39 is 0 Å². The van der Waals surface area contributed by atoms with E-state index in [-0.39, 0.29) is 0 Å².